The maximum absolute atomic E-state index is 16.5. The summed E-state index contributed by atoms with van der Waals surface area (Å²) in [6.45, 7) is 0. The minimum Gasteiger partial charge on any atom is -0.351 e. The lowest BCUT2D eigenvalue weighted by atomic mass is 9.50. The van der Waals surface area contributed by atoms with Crippen molar-refractivity contribution in [3.63, 3.8) is 0 Å². The monoisotopic (exact) mass is 727 g/mol. The van der Waals surface area contributed by atoms with E-state index in [2.05, 4.69) is 10.3 Å². The molecular formula is C34H32F3N5O4S3. The Morgan fingerprint density at radius 3 is 2.14 bits per heavy atom. The molecule has 9 nitrogen and oxygen atoms in total. The second-order valence-electron chi connectivity index (χ2n) is 14.6. The molecule has 1 aliphatic heterocycles. The third-order valence-corrected chi connectivity index (χ3v) is 15.7. The zero-order valence-electron chi connectivity index (χ0n) is 26.1. The van der Waals surface area contributed by atoms with Gasteiger partial charge in [-0.3, -0.25) is 4.72 Å². The number of nitrogens with one attached hydrogen (secondary N) is 2. The molecule has 6 aliphatic rings. The van der Waals surface area contributed by atoms with Gasteiger partial charge in [-0.25, -0.2) is 45.0 Å². The SMILES string of the molecule is O=S1(=O)C[C@@H]2[C@H](C1)[C@@H]2Nc1nccc(-c2sc(C34CC5CC(CC(C5)C3)C4)nc2-c2cccc(NS(=O)(=O)c3c(F)cccc3F)c2F)n1. The fourth-order valence-corrected chi connectivity index (χ4v) is 14.2. The van der Waals surface area contributed by atoms with Crippen molar-refractivity contribution in [3.8, 4) is 21.8 Å². The van der Waals surface area contributed by atoms with E-state index in [1.54, 1.807) is 12.3 Å². The molecule has 15 heteroatoms. The van der Waals surface area contributed by atoms with Crippen molar-refractivity contribution < 1.29 is 30.0 Å². The maximum Gasteiger partial charge on any atom is 0.267 e. The van der Waals surface area contributed by atoms with Crippen LogP contribution in [0.1, 0.15) is 43.5 Å². The van der Waals surface area contributed by atoms with Gasteiger partial charge >= 0.3 is 0 Å². The van der Waals surface area contributed by atoms with Gasteiger partial charge in [0.1, 0.15) is 16.6 Å². The highest BCUT2D eigenvalue weighted by Gasteiger charge is 2.59. The Morgan fingerprint density at radius 1 is 0.857 bits per heavy atom. The van der Waals surface area contributed by atoms with Crippen LogP contribution in [-0.2, 0) is 25.3 Å². The standard InChI is InChI=1S/C34H32F3N5O4S3/c35-23-4-2-5-24(36)31(23)49(45,46)42-25-6-1-3-20(27(25)37)29-30(47-32(40-29)34-12-17-9-18(13-34)11-19(10-17)14-34)26-7-8-38-33(39-26)41-28-21-15-48(43,44)16-22(21)28/h1-8,17-19,21-22,28,42H,9-16H2,(H,38,39,41)/t17?,18?,19?,21-,22+,28-,34?. The molecule has 49 heavy (non-hydrogen) atoms. The van der Waals surface area contributed by atoms with E-state index >= 15 is 4.39 Å². The average Bonchev–Trinajstić information content (AvgIpc) is 3.34. The van der Waals surface area contributed by atoms with Crippen molar-refractivity contribution in [1.82, 2.24) is 15.0 Å². The summed E-state index contributed by atoms with van der Waals surface area (Å²) in [4.78, 5) is 13.7. The van der Waals surface area contributed by atoms with E-state index in [1.165, 1.54) is 48.8 Å². The maximum atomic E-state index is 16.5. The molecule has 2 N–H and O–H groups in total. The molecule has 3 atom stereocenters. The van der Waals surface area contributed by atoms with Gasteiger partial charge < -0.3 is 5.32 Å². The molecular weight excluding hydrogens is 696 g/mol. The summed E-state index contributed by atoms with van der Waals surface area (Å²) in [7, 11) is -7.85. The predicted octanol–water partition coefficient (Wildman–Crippen LogP) is 6.41. The van der Waals surface area contributed by atoms with Gasteiger partial charge in [0, 0.05) is 23.2 Å². The number of thiazole rings is 1. The van der Waals surface area contributed by atoms with Crippen molar-refractivity contribution in [2.45, 2.75) is 54.9 Å². The smallest absolute Gasteiger partial charge is 0.267 e. The largest absolute Gasteiger partial charge is 0.351 e. The Bertz CT molecular complexity index is 2170. The molecule has 0 radical (unpaired) electrons. The van der Waals surface area contributed by atoms with Crippen molar-refractivity contribution in [2.24, 2.45) is 29.6 Å². The van der Waals surface area contributed by atoms with E-state index in [-0.39, 0.29) is 40.4 Å². The molecule has 5 saturated carbocycles. The van der Waals surface area contributed by atoms with Gasteiger partial charge in [0.05, 0.1) is 33.5 Å². The predicted molar refractivity (Wildman–Crippen MR) is 179 cm³/mol. The Kier molecular flexibility index (Phi) is 7.03. The highest BCUT2D eigenvalue weighted by Crippen LogP contribution is 2.62. The van der Waals surface area contributed by atoms with Crippen LogP contribution in [0.25, 0.3) is 21.8 Å². The summed E-state index contributed by atoms with van der Waals surface area (Å²) in [6, 6.07) is 8.53. The first kappa shape index (κ1) is 31.4. The number of nitrogens with zero attached hydrogens (tertiary/aromatic N) is 3. The molecule has 10 rings (SSSR count). The Labute approximate surface area is 285 Å². The number of hydrogen-bond donors (Lipinski definition) is 2. The van der Waals surface area contributed by atoms with Crippen molar-refractivity contribution in [2.75, 3.05) is 21.5 Å². The molecule has 2 aromatic carbocycles. The van der Waals surface area contributed by atoms with E-state index in [4.69, 9.17) is 9.97 Å². The van der Waals surface area contributed by atoms with Gasteiger partial charge in [0.2, 0.25) is 5.95 Å². The van der Waals surface area contributed by atoms with Crippen LogP contribution >= 0.6 is 11.3 Å². The highest BCUT2D eigenvalue weighted by atomic mass is 32.2. The first-order chi connectivity index (χ1) is 23.4. The fraction of sp³-hybridized carbons (Fsp3) is 0.441. The van der Waals surface area contributed by atoms with Crippen LogP contribution in [0.4, 0.5) is 24.8 Å². The molecule has 0 unspecified atom stereocenters. The van der Waals surface area contributed by atoms with Crippen LogP contribution < -0.4 is 10.0 Å². The van der Waals surface area contributed by atoms with E-state index < -0.39 is 47.9 Å². The van der Waals surface area contributed by atoms with Crippen LogP contribution in [-0.4, -0.2) is 49.3 Å². The van der Waals surface area contributed by atoms with E-state index in [0.717, 1.165) is 42.5 Å². The third kappa shape index (κ3) is 5.34. The molecule has 6 fully saturated rings. The first-order valence-corrected chi connectivity index (χ1v) is 20.6. The molecule has 3 heterocycles. The minimum absolute atomic E-state index is 0.0199. The van der Waals surface area contributed by atoms with Crippen LogP contribution in [0.2, 0.25) is 0 Å². The second kappa shape index (κ2) is 11.0. The van der Waals surface area contributed by atoms with Crippen LogP contribution in [0, 0.1) is 47.0 Å². The lowest BCUT2D eigenvalue weighted by molar-refractivity contribution is -0.00524. The van der Waals surface area contributed by atoms with Crippen LogP contribution in [0.3, 0.4) is 0 Å². The summed E-state index contributed by atoms with van der Waals surface area (Å²) >= 11 is 1.47. The van der Waals surface area contributed by atoms with Crippen molar-refractivity contribution >= 4 is 42.8 Å². The van der Waals surface area contributed by atoms with E-state index in [1.807, 2.05) is 4.72 Å². The molecule has 1 saturated heterocycles. The lowest BCUT2D eigenvalue weighted by Gasteiger charge is -2.56. The number of sulfone groups is 1. The number of hydrogen-bond acceptors (Lipinski definition) is 9. The average molecular weight is 728 g/mol. The topological polar surface area (TPSA) is 131 Å². The first-order valence-electron chi connectivity index (χ1n) is 16.5. The molecule has 256 valence electrons. The van der Waals surface area contributed by atoms with Crippen molar-refractivity contribution in [1.29, 1.82) is 0 Å². The molecule has 4 bridgehead atoms. The Balaban J connectivity index is 1.11. The number of benzene rings is 2. The summed E-state index contributed by atoms with van der Waals surface area (Å²) in [5, 5.41) is 4.20. The number of aromatic nitrogens is 3. The lowest BCUT2D eigenvalue weighted by Crippen LogP contribution is -2.48. The zero-order chi connectivity index (χ0) is 33.9. The van der Waals surface area contributed by atoms with Gasteiger partial charge in [-0.05, 0) is 98.4 Å². The van der Waals surface area contributed by atoms with E-state index in [0.29, 0.717) is 40.0 Å². The number of sulfonamides is 1. The van der Waals surface area contributed by atoms with Gasteiger partial charge in [-0.1, -0.05) is 12.1 Å². The molecule has 0 spiro atoms. The molecule has 0 amide bonds. The van der Waals surface area contributed by atoms with Crippen LogP contribution in [0.5, 0.6) is 0 Å². The van der Waals surface area contributed by atoms with Gasteiger partial charge in [-0.2, -0.15) is 0 Å². The normalized spacial score (nSPS) is 30.7. The minimum atomic E-state index is -4.83. The summed E-state index contributed by atoms with van der Waals surface area (Å²) in [5.74, 6) is -0.965. The quantitative estimate of drug-likeness (QED) is 0.213. The van der Waals surface area contributed by atoms with E-state index in [9.17, 15) is 25.6 Å². The number of anilines is 2. The fourth-order valence-electron chi connectivity index (χ4n) is 9.48. The summed E-state index contributed by atoms with van der Waals surface area (Å²) < 4.78 is 97.6. The van der Waals surface area contributed by atoms with Gasteiger partial charge in [-0.15, -0.1) is 11.3 Å². The van der Waals surface area contributed by atoms with Gasteiger partial charge in [0.15, 0.2) is 20.5 Å². The second-order valence-corrected chi connectivity index (χ2v) is 19.3. The molecule has 5 aliphatic carbocycles. The van der Waals surface area contributed by atoms with Crippen LogP contribution in [0.15, 0.2) is 53.6 Å². The highest BCUT2D eigenvalue weighted by molar-refractivity contribution is 7.92. The Morgan fingerprint density at radius 2 is 1.49 bits per heavy atom. The zero-order valence-corrected chi connectivity index (χ0v) is 28.5. The Hall–Kier alpha value is -3.56. The summed E-state index contributed by atoms with van der Waals surface area (Å²) in [6.07, 6.45) is 8.35. The van der Waals surface area contributed by atoms with Gasteiger partial charge in [0.25, 0.3) is 10.0 Å². The number of rotatable bonds is 8. The van der Waals surface area contributed by atoms with Crippen molar-refractivity contribution in [3.05, 3.63) is 71.1 Å². The number of fused-ring (bicyclic) bond motifs is 1. The summed E-state index contributed by atoms with van der Waals surface area (Å²) in [5.41, 5.74) is 0.209. The third-order valence-electron chi connectivity index (χ3n) is 11.2. The number of halogens is 3. The molecule has 4 aromatic rings. The molecule has 2 aromatic heterocycles.